The SMILES string of the molecule is CCc1ccc2c(c1)sc1c3ccc(CC)c(C#P=O)c3sc21. The minimum atomic E-state index is -0.0429. The molecule has 0 fully saturated rings. The maximum atomic E-state index is 11.1. The van der Waals surface area contributed by atoms with Crippen molar-refractivity contribution < 1.29 is 4.57 Å². The molecule has 0 amide bonds. The Kier molecular flexibility index (Phi) is 3.91. The molecule has 2 heterocycles. The Bertz CT molecular complexity index is 1160. The molecule has 4 heteroatoms. The molecule has 2 aromatic carbocycles. The summed E-state index contributed by atoms with van der Waals surface area (Å²) in [6.07, 6.45) is 2.00. The van der Waals surface area contributed by atoms with E-state index >= 15 is 0 Å². The Morgan fingerprint density at radius 3 is 2.48 bits per heavy atom. The molecule has 23 heavy (non-hydrogen) atoms. The summed E-state index contributed by atoms with van der Waals surface area (Å²) in [6, 6.07) is 11.2. The van der Waals surface area contributed by atoms with Gasteiger partial charge in [0.2, 0.25) is 0 Å². The summed E-state index contributed by atoms with van der Waals surface area (Å²) < 4.78 is 16.4. The molecular weight excluding hydrogens is 339 g/mol. The van der Waals surface area contributed by atoms with Gasteiger partial charge in [-0.1, -0.05) is 0 Å². The van der Waals surface area contributed by atoms with Gasteiger partial charge >= 0.3 is 144 Å². The van der Waals surface area contributed by atoms with Crippen molar-refractivity contribution in [3.63, 3.8) is 0 Å². The quantitative estimate of drug-likeness (QED) is 0.354. The summed E-state index contributed by atoms with van der Waals surface area (Å²) in [5.41, 5.74) is 6.64. The van der Waals surface area contributed by atoms with Crippen molar-refractivity contribution >= 4 is 60.2 Å². The fourth-order valence-corrected chi connectivity index (χ4v) is 6.34. The van der Waals surface area contributed by atoms with E-state index in [1.54, 1.807) is 0 Å². The average Bonchev–Trinajstić information content (AvgIpc) is 3.11. The van der Waals surface area contributed by atoms with Gasteiger partial charge in [0.1, 0.15) is 0 Å². The second-order valence-corrected chi connectivity index (χ2v) is 8.06. The molecule has 0 N–H and O–H groups in total. The summed E-state index contributed by atoms with van der Waals surface area (Å²) >= 11 is 3.68. The van der Waals surface area contributed by atoms with E-state index in [-0.39, 0.29) is 7.92 Å². The third kappa shape index (κ3) is 2.31. The molecule has 114 valence electrons. The van der Waals surface area contributed by atoms with Crippen LogP contribution in [-0.2, 0) is 17.4 Å². The predicted molar refractivity (Wildman–Crippen MR) is 104 cm³/mol. The van der Waals surface area contributed by atoms with Gasteiger partial charge in [-0.2, -0.15) is 0 Å². The van der Waals surface area contributed by atoms with Crippen LogP contribution in [0.4, 0.5) is 0 Å². The Labute approximate surface area is 144 Å². The molecule has 0 saturated heterocycles. The zero-order valence-corrected chi connectivity index (χ0v) is 15.5. The fourth-order valence-electron chi connectivity index (χ4n) is 3.09. The van der Waals surface area contributed by atoms with Crippen LogP contribution in [0.5, 0.6) is 0 Å². The molecular formula is C19H15OPS2. The number of aryl methyl sites for hydroxylation is 2. The first-order valence-corrected chi connectivity index (χ1v) is 10.2. The number of thiophene rings is 2. The number of hydrogen-bond donors (Lipinski definition) is 0. The van der Waals surface area contributed by atoms with Crippen molar-refractivity contribution in [1.29, 1.82) is 0 Å². The van der Waals surface area contributed by atoms with Gasteiger partial charge in [-0.25, -0.2) is 0 Å². The van der Waals surface area contributed by atoms with Crippen molar-refractivity contribution in [1.82, 2.24) is 0 Å². The molecule has 2 aromatic heterocycles. The maximum absolute atomic E-state index is 11.1. The van der Waals surface area contributed by atoms with E-state index in [1.165, 1.54) is 40.7 Å². The van der Waals surface area contributed by atoms with Gasteiger partial charge in [0.05, 0.1) is 0 Å². The van der Waals surface area contributed by atoms with Crippen LogP contribution in [0.15, 0.2) is 30.3 Å². The molecule has 0 spiro atoms. The molecule has 4 aromatic rings. The van der Waals surface area contributed by atoms with Crippen molar-refractivity contribution in [2.75, 3.05) is 0 Å². The van der Waals surface area contributed by atoms with Gasteiger partial charge in [0, 0.05) is 0 Å². The number of fused-ring (bicyclic) bond motifs is 5. The van der Waals surface area contributed by atoms with Crippen molar-refractivity contribution in [3.8, 4) is 5.63 Å². The van der Waals surface area contributed by atoms with E-state index < -0.39 is 0 Å². The van der Waals surface area contributed by atoms with Crippen LogP contribution in [0, 0.1) is 5.63 Å². The van der Waals surface area contributed by atoms with E-state index in [9.17, 15) is 4.57 Å². The Morgan fingerprint density at radius 2 is 1.74 bits per heavy atom. The van der Waals surface area contributed by atoms with Crippen molar-refractivity contribution in [2.45, 2.75) is 26.7 Å². The normalized spacial score (nSPS) is 11.4. The fraction of sp³-hybridized carbons (Fsp3) is 0.211. The average molecular weight is 354 g/mol. The summed E-state index contributed by atoms with van der Waals surface area (Å²) in [7, 11) is -0.0429. The summed E-state index contributed by atoms with van der Waals surface area (Å²) in [5, 5.41) is 2.61. The van der Waals surface area contributed by atoms with Crippen LogP contribution in [0.3, 0.4) is 0 Å². The molecule has 0 aliphatic heterocycles. The van der Waals surface area contributed by atoms with Crippen LogP contribution in [0.2, 0.25) is 0 Å². The topological polar surface area (TPSA) is 17.1 Å². The first-order chi connectivity index (χ1) is 11.3. The molecule has 4 rings (SSSR count). The molecule has 0 aliphatic rings. The summed E-state index contributed by atoms with van der Waals surface area (Å²) in [4.78, 5) is 0. The van der Waals surface area contributed by atoms with Crippen molar-refractivity contribution in [3.05, 3.63) is 47.0 Å². The number of hydrogen-bond acceptors (Lipinski definition) is 3. The molecule has 0 atom stereocenters. The van der Waals surface area contributed by atoms with Gasteiger partial charge in [0.25, 0.3) is 0 Å². The first kappa shape index (κ1) is 15.2. The third-order valence-corrected chi connectivity index (χ3v) is 7.23. The Balaban J connectivity index is 2.14. The summed E-state index contributed by atoms with van der Waals surface area (Å²) in [5.74, 6) is 0. The summed E-state index contributed by atoms with van der Waals surface area (Å²) in [6.45, 7) is 4.32. The van der Waals surface area contributed by atoms with Crippen LogP contribution in [-0.4, -0.2) is 0 Å². The minimum absolute atomic E-state index is 0.0429. The van der Waals surface area contributed by atoms with Gasteiger partial charge in [-0.3, -0.25) is 0 Å². The van der Waals surface area contributed by atoms with E-state index in [4.69, 9.17) is 0 Å². The zero-order valence-electron chi connectivity index (χ0n) is 13.0. The first-order valence-electron chi connectivity index (χ1n) is 7.74. The second-order valence-electron chi connectivity index (χ2n) is 5.58. The van der Waals surface area contributed by atoms with E-state index in [0.717, 1.165) is 18.4 Å². The number of benzene rings is 2. The van der Waals surface area contributed by atoms with E-state index in [2.05, 4.69) is 49.8 Å². The van der Waals surface area contributed by atoms with Crippen molar-refractivity contribution in [2.24, 2.45) is 0 Å². The van der Waals surface area contributed by atoms with E-state index in [1.807, 2.05) is 22.7 Å². The molecule has 0 saturated carbocycles. The van der Waals surface area contributed by atoms with E-state index in [0.29, 0.717) is 0 Å². The van der Waals surface area contributed by atoms with Crippen LogP contribution in [0.1, 0.15) is 30.5 Å². The van der Waals surface area contributed by atoms with Crippen LogP contribution >= 0.6 is 30.6 Å². The molecule has 0 radical (unpaired) electrons. The van der Waals surface area contributed by atoms with Crippen LogP contribution in [0.25, 0.3) is 29.6 Å². The molecule has 0 bridgehead atoms. The van der Waals surface area contributed by atoms with Gasteiger partial charge in [-0.15, -0.1) is 0 Å². The zero-order chi connectivity index (χ0) is 16.0. The number of rotatable bonds is 2. The van der Waals surface area contributed by atoms with Gasteiger partial charge < -0.3 is 0 Å². The van der Waals surface area contributed by atoms with Crippen LogP contribution < -0.4 is 0 Å². The van der Waals surface area contributed by atoms with Gasteiger partial charge in [0.15, 0.2) is 0 Å². The second kappa shape index (κ2) is 5.92. The van der Waals surface area contributed by atoms with Gasteiger partial charge in [-0.05, 0) is 0 Å². The monoisotopic (exact) mass is 354 g/mol. The predicted octanol–water partition coefficient (Wildman–Crippen LogP) is 6.99. The molecule has 1 nitrogen and oxygen atoms in total. The Morgan fingerprint density at radius 1 is 0.957 bits per heavy atom. The molecule has 0 aliphatic carbocycles. The third-order valence-electron chi connectivity index (χ3n) is 4.35. The standard InChI is InChI=1S/C19H15OPS2/c1-3-11-5-7-13-16(9-11)22-19-14-8-6-12(4-2)15(10-21-20)17(14)23-18(13)19/h5-9H,3-4H2,1-2H3. The molecule has 0 unspecified atom stereocenters. The Hall–Kier alpha value is -1.37.